The van der Waals surface area contributed by atoms with Crippen molar-refractivity contribution < 1.29 is 38.1 Å². The third-order valence-electron chi connectivity index (χ3n) is 2.31. The van der Waals surface area contributed by atoms with Gasteiger partial charge in [0.05, 0.1) is 0 Å². The number of hydrogen-bond donors (Lipinski definition) is 0. The van der Waals surface area contributed by atoms with Crippen LogP contribution in [0.15, 0.2) is 25.3 Å². The van der Waals surface area contributed by atoms with Gasteiger partial charge >= 0.3 is 23.9 Å². The molecule has 0 bridgehead atoms. The summed E-state index contributed by atoms with van der Waals surface area (Å²) in [4.78, 5) is 45.2. The summed E-state index contributed by atoms with van der Waals surface area (Å²) in [6, 6.07) is 0. The monoisotopic (exact) mass is 328 g/mol. The van der Waals surface area contributed by atoms with Gasteiger partial charge in [0.25, 0.3) is 0 Å². The van der Waals surface area contributed by atoms with Crippen LogP contribution in [0.2, 0.25) is 0 Å². The molecule has 0 heterocycles. The average Bonchev–Trinajstić information content (AvgIpc) is 2.52. The highest BCUT2D eigenvalue weighted by Gasteiger charge is 2.22. The second kappa shape index (κ2) is 11.0. The van der Waals surface area contributed by atoms with Crippen LogP contribution in [0.3, 0.4) is 0 Å². The van der Waals surface area contributed by atoms with E-state index < -0.39 is 42.9 Å². The molecule has 0 aromatic heterocycles. The highest BCUT2D eigenvalue weighted by atomic mass is 16.7. The van der Waals surface area contributed by atoms with E-state index in [4.69, 9.17) is 18.9 Å². The van der Waals surface area contributed by atoms with Gasteiger partial charge < -0.3 is 18.9 Å². The number of carbonyl (C=O) groups is 4. The van der Waals surface area contributed by atoms with E-state index in [1.54, 1.807) is 13.8 Å². The lowest BCUT2D eigenvalue weighted by atomic mass is 10.4. The molecule has 0 N–H and O–H groups in total. The van der Waals surface area contributed by atoms with Crippen LogP contribution >= 0.6 is 0 Å². The molecule has 128 valence electrons. The molecule has 0 aliphatic rings. The van der Waals surface area contributed by atoms with E-state index in [9.17, 15) is 19.2 Å². The van der Waals surface area contributed by atoms with Crippen molar-refractivity contribution in [3.8, 4) is 0 Å². The highest BCUT2D eigenvalue weighted by molar-refractivity contribution is 5.91. The van der Waals surface area contributed by atoms with Gasteiger partial charge in [-0.2, -0.15) is 0 Å². The fraction of sp³-hybridized carbons (Fsp3) is 0.467. The van der Waals surface area contributed by atoms with Crippen LogP contribution in [0.25, 0.3) is 0 Å². The van der Waals surface area contributed by atoms with Crippen LogP contribution in [0.4, 0.5) is 0 Å². The summed E-state index contributed by atoms with van der Waals surface area (Å²) < 4.78 is 19.1. The van der Waals surface area contributed by atoms with Gasteiger partial charge in [0.2, 0.25) is 12.6 Å². The largest absolute Gasteiger partial charge is 0.425 e. The maximum Gasteiger partial charge on any atom is 0.333 e. The number of hydrogen-bond acceptors (Lipinski definition) is 8. The van der Waals surface area contributed by atoms with Crippen molar-refractivity contribution in [1.29, 1.82) is 0 Å². The van der Waals surface area contributed by atoms with Gasteiger partial charge in [-0.15, -0.1) is 0 Å². The molecule has 0 aliphatic carbocycles. The van der Waals surface area contributed by atoms with Crippen molar-refractivity contribution in [3.63, 3.8) is 0 Å². The van der Waals surface area contributed by atoms with Gasteiger partial charge in [-0.05, 0) is 0 Å². The maximum atomic E-state index is 11.6. The minimum absolute atomic E-state index is 0.203. The molecule has 0 aromatic carbocycles. The number of rotatable bonds is 10. The predicted octanol–water partition coefficient (Wildman–Crippen LogP) is 1.39. The van der Waals surface area contributed by atoms with Gasteiger partial charge in [-0.25, -0.2) is 9.59 Å². The van der Waals surface area contributed by atoms with Gasteiger partial charge in [-0.3, -0.25) is 9.59 Å². The Morgan fingerprint density at radius 3 is 1.39 bits per heavy atom. The molecule has 0 saturated carbocycles. The highest BCUT2D eigenvalue weighted by Crippen LogP contribution is 2.07. The second-order valence-corrected chi connectivity index (χ2v) is 4.11. The smallest absolute Gasteiger partial charge is 0.333 e. The first kappa shape index (κ1) is 20.4. The zero-order chi connectivity index (χ0) is 17.8. The van der Waals surface area contributed by atoms with Crippen LogP contribution in [-0.4, -0.2) is 36.5 Å². The summed E-state index contributed by atoms with van der Waals surface area (Å²) >= 11 is 0. The van der Waals surface area contributed by atoms with E-state index in [0.717, 1.165) is 12.2 Å². The lowest BCUT2D eigenvalue weighted by molar-refractivity contribution is -0.191. The molecule has 0 spiro atoms. The summed E-state index contributed by atoms with van der Waals surface area (Å²) in [5.41, 5.74) is 0. The van der Waals surface area contributed by atoms with Gasteiger partial charge in [0, 0.05) is 25.0 Å². The summed E-state index contributed by atoms with van der Waals surface area (Å²) in [6.07, 6.45) is -0.717. The standard InChI is InChI=1S/C15H20O8/c1-5-10(16)20-14(7-3)22-12(18)9-13(19)23-15(8-4)21-11(17)6-2/h5-6,14-15H,1-2,7-9H2,3-4H3. The van der Waals surface area contributed by atoms with E-state index in [2.05, 4.69) is 13.2 Å². The number of ether oxygens (including phenoxy) is 4. The SMILES string of the molecule is C=CC(=O)OC(CC)OC(=O)CC(=O)OC(CC)OC(=O)C=C. The number of carbonyl (C=O) groups excluding carboxylic acids is 4. The van der Waals surface area contributed by atoms with Crippen LogP contribution in [0.5, 0.6) is 0 Å². The Kier molecular flexibility index (Phi) is 9.74. The molecular formula is C15H20O8. The lowest BCUT2D eigenvalue weighted by Gasteiger charge is -2.17. The molecular weight excluding hydrogens is 308 g/mol. The Balaban J connectivity index is 4.38. The van der Waals surface area contributed by atoms with Crippen molar-refractivity contribution >= 4 is 23.9 Å². The zero-order valence-electron chi connectivity index (χ0n) is 13.1. The molecule has 0 aromatic rings. The Labute approximate surface area is 134 Å². The molecule has 0 saturated heterocycles. The third kappa shape index (κ3) is 9.07. The molecule has 2 unspecified atom stereocenters. The quantitative estimate of drug-likeness (QED) is 0.256. The van der Waals surface area contributed by atoms with Crippen LogP contribution in [0, 0.1) is 0 Å². The fourth-order valence-corrected chi connectivity index (χ4v) is 1.23. The normalized spacial score (nSPS) is 12.3. The van der Waals surface area contributed by atoms with E-state index >= 15 is 0 Å². The van der Waals surface area contributed by atoms with Crippen molar-refractivity contribution in [2.24, 2.45) is 0 Å². The van der Waals surface area contributed by atoms with E-state index in [-0.39, 0.29) is 12.8 Å². The van der Waals surface area contributed by atoms with E-state index in [1.165, 1.54) is 0 Å². The minimum atomic E-state index is -1.12. The molecule has 8 nitrogen and oxygen atoms in total. The first-order valence-electron chi connectivity index (χ1n) is 6.91. The van der Waals surface area contributed by atoms with Crippen LogP contribution in [0.1, 0.15) is 33.1 Å². The van der Waals surface area contributed by atoms with Crippen LogP contribution < -0.4 is 0 Å². The summed E-state index contributed by atoms with van der Waals surface area (Å²) in [6.45, 7) is 9.66. The molecule has 0 aliphatic heterocycles. The summed E-state index contributed by atoms with van der Waals surface area (Å²) in [5, 5.41) is 0. The Morgan fingerprint density at radius 2 is 1.13 bits per heavy atom. The van der Waals surface area contributed by atoms with Gasteiger partial charge in [0.1, 0.15) is 6.42 Å². The van der Waals surface area contributed by atoms with Crippen LogP contribution in [-0.2, 0) is 38.1 Å². The average molecular weight is 328 g/mol. The Bertz CT molecular complexity index is 426. The van der Waals surface area contributed by atoms with Gasteiger partial charge in [0.15, 0.2) is 0 Å². The molecule has 8 heteroatoms. The third-order valence-corrected chi connectivity index (χ3v) is 2.31. The second-order valence-electron chi connectivity index (χ2n) is 4.11. The summed E-state index contributed by atoms with van der Waals surface area (Å²) in [7, 11) is 0. The Morgan fingerprint density at radius 1 is 0.783 bits per heavy atom. The maximum absolute atomic E-state index is 11.6. The molecule has 2 atom stereocenters. The van der Waals surface area contributed by atoms with Crippen molar-refractivity contribution in [2.75, 3.05) is 0 Å². The molecule has 0 rings (SSSR count). The number of esters is 4. The van der Waals surface area contributed by atoms with Crippen molar-refractivity contribution in [2.45, 2.75) is 45.7 Å². The van der Waals surface area contributed by atoms with Crippen molar-refractivity contribution in [1.82, 2.24) is 0 Å². The molecule has 0 amide bonds. The first-order chi connectivity index (χ1) is 10.9. The topological polar surface area (TPSA) is 105 Å². The molecule has 23 heavy (non-hydrogen) atoms. The lowest BCUT2D eigenvalue weighted by Crippen LogP contribution is -2.27. The van der Waals surface area contributed by atoms with Crippen molar-refractivity contribution in [3.05, 3.63) is 25.3 Å². The molecule has 0 radical (unpaired) electrons. The van der Waals surface area contributed by atoms with E-state index in [0.29, 0.717) is 0 Å². The fourth-order valence-electron chi connectivity index (χ4n) is 1.23. The van der Waals surface area contributed by atoms with Gasteiger partial charge in [-0.1, -0.05) is 27.0 Å². The minimum Gasteiger partial charge on any atom is -0.425 e. The first-order valence-corrected chi connectivity index (χ1v) is 6.91. The summed E-state index contributed by atoms with van der Waals surface area (Å²) in [5.74, 6) is -3.39. The Hall–Kier alpha value is -2.64. The molecule has 0 fully saturated rings. The predicted molar refractivity (Wildman–Crippen MR) is 77.5 cm³/mol. The van der Waals surface area contributed by atoms with E-state index in [1.807, 2.05) is 0 Å². The zero-order valence-corrected chi connectivity index (χ0v) is 13.1.